The van der Waals surface area contributed by atoms with E-state index in [1.807, 2.05) is 25.1 Å². The fraction of sp³-hybridized carbons (Fsp3) is 0.435. The van der Waals surface area contributed by atoms with Crippen molar-refractivity contribution in [1.29, 1.82) is 0 Å². The predicted octanol–water partition coefficient (Wildman–Crippen LogP) is 4.40. The van der Waals surface area contributed by atoms with Crippen molar-refractivity contribution in [3.63, 3.8) is 0 Å². The van der Waals surface area contributed by atoms with Crippen molar-refractivity contribution >= 4 is 21.8 Å². The number of carbonyl (C=O) groups excluding carboxylic acids is 1. The van der Waals surface area contributed by atoms with Crippen molar-refractivity contribution in [2.45, 2.75) is 44.7 Å². The van der Waals surface area contributed by atoms with Gasteiger partial charge in [0.15, 0.2) is 11.5 Å². The smallest absolute Gasteiger partial charge is 0.234 e. The highest BCUT2D eigenvalue weighted by Gasteiger charge is 2.35. The second-order valence-electron chi connectivity index (χ2n) is 7.51. The largest absolute Gasteiger partial charge is 0.493 e. The summed E-state index contributed by atoms with van der Waals surface area (Å²) in [6, 6.07) is 8.67. The molecule has 30 heavy (non-hydrogen) atoms. The zero-order chi connectivity index (χ0) is 21.8. The van der Waals surface area contributed by atoms with E-state index in [0.717, 1.165) is 17.5 Å². The summed E-state index contributed by atoms with van der Waals surface area (Å²) in [7, 11) is 3.22. The standard InChI is InChI=1S/C23H28BrFN2O3/c1-4-19(23(26)28)27-10-9-15-11-21(29-2)22(30-3)13-17(15)20(27)8-6-14-5-7-16(24)12-18(14)25/h5,7,11-13,19-20H,4,6,8-10H2,1-3H3,(H2,26,28)/t19-,20+/m1/s1. The quantitative estimate of drug-likeness (QED) is 0.610. The number of rotatable bonds is 8. The molecule has 0 aliphatic carbocycles. The molecule has 2 atom stereocenters. The van der Waals surface area contributed by atoms with Crippen LogP contribution in [0.15, 0.2) is 34.8 Å². The number of halogens is 2. The summed E-state index contributed by atoms with van der Waals surface area (Å²) in [4.78, 5) is 14.3. The van der Waals surface area contributed by atoms with Crippen LogP contribution >= 0.6 is 15.9 Å². The van der Waals surface area contributed by atoms with Crippen LogP contribution in [0.2, 0.25) is 0 Å². The van der Waals surface area contributed by atoms with Gasteiger partial charge < -0.3 is 15.2 Å². The molecule has 2 N–H and O–H groups in total. The summed E-state index contributed by atoms with van der Waals surface area (Å²) in [6.07, 6.45) is 2.61. The molecule has 0 aromatic heterocycles. The molecule has 0 spiro atoms. The first-order valence-corrected chi connectivity index (χ1v) is 10.9. The SMILES string of the molecule is CC[C@H](C(N)=O)N1CCc2cc(OC)c(OC)cc2[C@@H]1CCc1ccc(Br)cc1F. The summed E-state index contributed by atoms with van der Waals surface area (Å²) >= 11 is 3.30. The average Bonchev–Trinajstić information content (AvgIpc) is 2.73. The minimum Gasteiger partial charge on any atom is -0.493 e. The van der Waals surface area contributed by atoms with Gasteiger partial charge in [-0.05, 0) is 66.6 Å². The third kappa shape index (κ3) is 4.62. The zero-order valence-electron chi connectivity index (χ0n) is 17.6. The Bertz CT molecular complexity index is 922. The number of benzene rings is 2. The monoisotopic (exact) mass is 478 g/mol. The number of ether oxygens (including phenoxy) is 2. The van der Waals surface area contributed by atoms with Crippen LogP contribution in [-0.2, 0) is 17.6 Å². The van der Waals surface area contributed by atoms with E-state index in [-0.39, 0.29) is 23.8 Å². The van der Waals surface area contributed by atoms with E-state index in [1.54, 1.807) is 20.3 Å². The highest BCUT2D eigenvalue weighted by Crippen LogP contribution is 2.41. The zero-order valence-corrected chi connectivity index (χ0v) is 19.2. The third-order valence-corrected chi connectivity index (χ3v) is 6.35. The molecule has 2 aromatic carbocycles. The maximum Gasteiger partial charge on any atom is 0.234 e. The molecule has 5 nitrogen and oxygen atoms in total. The normalized spacial score (nSPS) is 17.3. The molecule has 0 saturated heterocycles. The van der Waals surface area contributed by atoms with Gasteiger partial charge in [-0.3, -0.25) is 9.69 Å². The molecule has 3 rings (SSSR count). The van der Waals surface area contributed by atoms with Crippen LogP contribution in [0, 0.1) is 5.82 Å². The lowest BCUT2D eigenvalue weighted by atomic mass is 9.87. The third-order valence-electron chi connectivity index (χ3n) is 5.86. The lowest BCUT2D eigenvalue weighted by molar-refractivity contribution is -0.124. The van der Waals surface area contributed by atoms with Crippen LogP contribution in [0.25, 0.3) is 0 Å². The first-order chi connectivity index (χ1) is 14.4. The summed E-state index contributed by atoms with van der Waals surface area (Å²) in [5, 5.41) is 0. The van der Waals surface area contributed by atoms with E-state index in [1.165, 1.54) is 6.07 Å². The summed E-state index contributed by atoms with van der Waals surface area (Å²) in [6.45, 7) is 2.67. The van der Waals surface area contributed by atoms with Gasteiger partial charge in [-0.1, -0.05) is 28.9 Å². The van der Waals surface area contributed by atoms with Gasteiger partial charge in [-0.25, -0.2) is 4.39 Å². The molecule has 1 heterocycles. The molecule has 0 unspecified atom stereocenters. The van der Waals surface area contributed by atoms with Crippen LogP contribution in [0.1, 0.15) is 42.5 Å². The molecule has 1 aliphatic rings. The van der Waals surface area contributed by atoms with Gasteiger partial charge in [0.2, 0.25) is 5.91 Å². The van der Waals surface area contributed by atoms with Crippen molar-refractivity contribution in [3.8, 4) is 11.5 Å². The first-order valence-electron chi connectivity index (χ1n) is 10.1. The predicted molar refractivity (Wildman–Crippen MR) is 118 cm³/mol. The number of amides is 1. The number of primary amides is 1. The number of nitrogens with zero attached hydrogens (tertiary/aromatic N) is 1. The van der Waals surface area contributed by atoms with Crippen molar-refractivity contribution < 1.29 is 18.7 Å². The number of fused-ring (bicyclic) bond motifs is 1. The summed E-state index contributed by atoms with van der Waals surface area (Å²) in [5.74, 6) is 0.761. The van der Waals surface area contributed by atoms with E-state index in [4.69, 9.17) is 15.2 Å². The highest BCUT2D eigenvalue weighted by atomic mass is 79.9. The molecule has 162 valence electrons. The molecule has 0 radical (unpaired) electrons. The fourth-order valence-corrected chi connectivity index (χ4v) is 4.69. The van der Waals surface area contributed by atoms with Crippen LogP contribution in [0.5, 0.6) is 11.5 Å². The van der Waals surface area contributed by atoms with Crippen LogP contribution in [0.4, 0.5) is 4.39 Å². The summed E-state index contributed by atoms with van der Waals surface area (Å²) in [5.41, 5.74) is 8.61. The maximum atomic E-state index is 14.4. The van der Waals surface area contributed by atoms with Crippen LogP contribution in [0.3, 0.4) is 0 Å². The number of hydrogen-bond donors (Lipinski definition) is 1. The molecule has 0 bridgehead atoms. The van der Waals surface area contributed by atoms with Gasteiger partial charge >= 0.3 is 0 Å². The Hall–Kier alpha value is -2.12. The Morgan fingerprint density at radius 1 is 1.27 bits per heavy atom. The lowest BCUT2D eigenvalue weighted by Crippen LogP contribution is -2.49. The van der Waals surface area contributed by atoms with Crippen molar-refractivity contribution in [1.82, 2.24) is 4.90 Å². The topological polar surface area (TPSA) is 64.8 Å². The van der Waals surface area contributed by atoms with Gasteiger partial charge in [-0.2, -0.15) is 0 Å². The van der Waals surface area contributed by atoms with Gasteiger partial charge in [0.1, 0.15) is 5.82 Å². The summed E-state index contributed by atoms with van der Waals surface area (Å²) < 4.78 is 26.1. The molecule has 2 aromatic rings. The Kier molecular flexibility index (Phi) is 7.36. The number of carbonyl (C=O) groups is 1. The Labute approximate surface area is 185 Å². The molecule has 1 aliphatic heterocycles. The lowest BCUT2D eigenvalue weighted by Gasteiger charge is -2.41. The fourth-order valence-electron chi connectivity index (χ4n) is 4.36. The van der Waals surface area contributed by atoms with E-state index < -0.39 is 0 Å². The van der Waals surface area contributed by atoms with Crippen molar-refractivity contribution in [2.24, 2.45) is 5.73 Å². The first kappa shape index (κ1) is 22.6. The van der Waals surface area contributed by atoms with Gasteiger partial charge in [0.05, 0.1) is 20.3 Å². The Morgan fingerprint density at radius 3 is 2.57 bits per heavy atom. The number of methoxy groups -OCH3 is 2. The van der Waals surface area contributed by atoms with Crippen molar-refractivity contribution in [3.05, 3.63) is 57.3 Å². The molecular weight excluding hydrogens is 451 g/mol. The molecule has 0 fully saturated rings. The van der Waals surface area contributed by atoms with Crippen molar-refractivity contribution in [2.75, 3.05) is 20.8 Å². The minimum atomic E-state index is -0.369. The Balaban J connectivity index is 1.99. The molecule has 1 amide bonds. The van der Waals surface area contributed by atoms with Gasteiger partial charge in [-0.15, -0.1) is 0 Å². The number of hydrogen-bond acceptors (Lipinski definition) is 4. The average molecular weight is 479 g/mol. The maximum absolute atomic E-state index is 14.4. The highest BCUT2D eigenvalue weighted by molar-refractivity contribution is 9.10. The van der Waals surface area contributed by atoms with E-state index >= 15 is 0 Å². The molecule has 7 heteroatoms. The second-order valence-corrected chi connectivity index (χ2v) is 8.43. The van der Waals surface area contributed by atoms with Gasteiger partial charge in [0.25, 0.3) is 0 Å². The number of aryl methyl sites for hydroxylation is 1. The van der Waals surface area contributed by atoms with Gasteiger partial charge in [0, 0.05) is 17.1 Å². The van der Waals surface area contributed by atoms with E-state index in [2.05, 4.69) is 20.8 Å². The molecular formula is C23H28BrFN2O3. The number of nitrogens with two attached hydrogens (primary N) is 1. The van der Waals surface area contributed by atoms with E-state index in [0.29, 0.717) is 47.3 Å². The molecule has 0 saturated carbocycles. The van der Waals surface area contributed by atoms with E-state index in [9.17, 15) is 9.18 Å². The second kappa shape index (κ2) is 9.79. The van der Waals surface area contributed by atoms with Crippen LogP contribution in [-0.4, -0.2) is 37.6 Å². The van der Waals surface area contributed by atoms with Crippen LogP contribution < -0.4 is 15.2 Å². The minimum absolute atomic E-state index is 0.0750. The Morgan fingerprint density at radius 2 is 1.97 bits per heavy atom.